The van der Waals surface area contributed by atoms with Crippen molar-refractivity contribution < 1.29 is 5.11 Å². The van der Waals surface area contributed by atoms with E-state index in [1.54, 1.807) is 18.3 Å². The van der Waals surface area contributed by atoms with E-state index in [1.165, 1.54) is 0 Å². The third kappa shape index (κ3) is 1.89. The second-order valence-electron chi connectivity index (χ2n) is 3.21. The van der Waals surface area contributed by atoms with Crippen LogP contribution in [0.3, 0.4) is 0 Å². The van der Waals surface area contributed by atoms with Gasteiger partial charge in [0.05, 0.1) is 0 Å². The average Bonchev–Trinajstić information content (AvgIpc) is 2.61. The van der Waals surface area contributed by atoms with E-state index in [0.29, 0.717) is 11.9 Å². The van der Waals surface area contributed by atoms with Crippen molar-refractivity contribution in [3.05, 3.63) is 18.3 Å². The molecule has 0 amide bonds. The molecular weight excluding hydrogens is 166 g/mol. The Morgan fingerprint density at radius 2 is 2.54 bits per heavy atom. The summed E-state index contributed by atoms with van der Waals surface area (Å²) in [4.78, 5) is 4.05. The second-order valence-corrected chi connectivity index (χ2v) is 3.21. The van der Waals surface area contributed by atoms with Gasteiger partial charge in [0.1, 0.15) is 0 Å². The van der Waals surface area contributed by atoms with Crippen LogP contribution in [0.4, 0.5) is 5.82 Å². The molecule has 1 saturated heterocycles. The molecular formula is C9H13N3O. The van der Waals surface area contributed by atoms with E-state index in [1.807, 2.05) is 0 Å². The van der Waals surface area contributed by atoms with Crippen molar-refractivity contribution in [3.8, 4) is 5.75 Å². The van der Waals surface area contributed by atoms with Crippen LogP contribution in [0, 0.1) is 0 Å². The summed E-state index contributed by atoms with van der Waals surface area (Å²) in [5.41, 5.74) is 0. The Bertz CT molecular complexity index is 284. The highest BCUT2D eigenvalue weighted by Crippen LogP contribution is 2.20. The van der Waals surface area contributed by atoms with Gasteiger partial charge in [0.25, 0.3) is 0 Å². The van der Waals surface area contributed by atoms with Crippen molar-refractivity contribution in [2.24, 2.45) is 0 Å². The summed E-state index contributed by atoms with van der Waals surface area (Å²) in [5.74, 6) is 0.797. The minimum absolute atomic E-state index is 0.217. The van der Waals surface area contributed by atoms with Crippen LogP contribution in [0.25, 0.3) is 0 Å². The van der Waals surface area contributed by atoms with Gasteiger partial charge in [-0.3, -0.25) is 0 Å². The summed E-state index contributed by atoms with van der Waals surface area (Å²) in [7, 11) is 0. The first-order chi connectivity index (χ1) is 6.36. The molecule has 1 aliphatic heterocycles. The van der Waals surface area contributed by atoms with Gasteiger partial charge in [-0.2, -0.15) is 0 Å². The standard InChI is InChI=1S/C9H13N3O/c13-8-2-1-4-11-9(8)12-7-3-5-10-6-7/h1-2,4,7,10,13H,3,5-6H2,(H,11,12)/t7-/m1/s1. The largest absolute Gasteiger partial charge is 0.504 e. The molecule has 70 valence electrons. The average molecular weight is 179 g/mol. The van der Waals surface area contributed by atoms with E-state index in [4.69, 9.17) is 0 Å². The molecule has 0 bridgehead atoms. The molecule has 2 heterocycles. The van der Waals surface area contributed by atoms with E-state index in [0.717, 1.165) is 19.5 Å². The molecule has 4 nitrogen and oxygen atoms in total. The van der Waals surface area contributed by atoms with Gasteiger partial charge in [0.2, 0.25) is 0 Å². The van der Waals surface area contributed by atoms with Crippen LogP contribution in [0.15, 0.2) is 18.3 Å². The topological polar surface area (TPSA) is 57.2 Å². The second kappa shape index (κ2) is 3.62. The molecule has 0 aromatic carbocycles. The van der Waals surface area contributed by atoms with Crippen LogP contribution in [0.2, 0.25) is 0 Å². The lowest BCUT2D eigenvalue weighted by Gasteiger charge is -2.12. The molecule has 4 heteroatoms. The Morgan fingerprint density at radius 3 is 3.23 bits per heavy atom. The van der Waals surface area contributed by atoms with Crippen molar-refractivity contribution in [2.75, 3.05) is 18.4 Å². The SMILES string of the molecule is Oc1cccnc1N[C@@H]1CCNC1. The molecule has 0 spiro atoms. The molecule has 1 aromatic rings. The van der Waals surface area contributed by atoms with Gasteiger partial charge in [-0.25, -0.2) is 4.98 Å². The highest BCUT2D eigenvalue weighted by Gasteiger charge is 2.15. The molecule has 13 heavy (non-hydrogen) atoms. The number of aromatic nitrogens is 1. The smallest absolute Gasteiger partial charge is 0.168 e. The minimum Gasteiger partial charge on any atom is -0.504 e. The first-order valence-electron chi connectivity index (χ1n) is 4.47. The van der Waals surface area contributed by atoms with Crippen molar-refractivity contribution in [1.29, 1.82) is 0 Å². The minimum atomic E-state index is 0.217. The molecule has 1 aromatic heterocycles. The van der Waals surface area contributed by atoms with Crippen LogP contribution < -0.4 is 10.6 Å². The lowest BCUT2D eigenvalue weighted by molar-refractivity contribution is 0.474. The normalized spacial score (nSPS) is 21.7. The maximum atomic E-state index is 9.43. The summed E-state index contributed by atoms with van der Waals surface area (Å²) in [5, 5.41) is 15.9. The number of aromatic hydroxyl groups is 1. The third-order valence-corrected chi connectivity index (χ3v) is 2.19. The van der Waals surface area contributed by atoms with Gasteiger partial charge in [-0.15, -0.1) is 0 Å². The molecule has 1 atom stereocenters. The van der Waals surface area contributed by atoms with Gasteiger partial charge in [-0.1, -0.05) is 0 Å². The van der Waals surface area contributed by atoms with Gasteiger partial charge in [0, 0.05) is 18.8 Å². The highest BCUT2D eigenvalue weighted by molar-refractivity contribution is 5.49. The van der Waals surface area contributed by atoms with E-state index >= 15 is 0 Å². The Labute approximate surface area is 77.0 Å². The zero-order chi connectivity index (χ0) is 9.10. The summed E-state index contributed by atoms with van der Waals surface area (Å²) < 4.78 is 0. The summed E-state index contributed by atoms with van der Waals surface area (Å²) >= 11 is 0. The fraction of sp³-hybridized carbons (Fsp3) is 0.444. The van der Waals surface area contributed by atoms with E-state index in [2.05, 4.69) is 15.6 Å². The van der Waals surface area contributed by atoms with Crippen molar-refractivity contribution in [1.82, 2.24) is 10.3 Å². The first-order valence-corrected chi connectivity index (χ1v) is 4.47. The Balaban J connectivity index is 2.04. The number of hydrogen-bond donors (Lipinski definition) is 3. The molecule has 1 aliphatic rings. The first kappa shape index (κ1) is 8.31. The number of nitrogens with zero attached hydrogens (tertiary/aromatic N) is 1. The molecule has 0 unspecified atom stereocenters. The van der Waals surface area contributed by atoms with Gasteiger partial charge < -0.3 is 15.7 Å². The fourth-order valence-electron chi connectivity index (χ4n) is 1.48. The van der Waals surface area contributed by atoms with Crippen LogP contribution >= 0.6 is 0 Å². The molecule has 1 fully saturated rings. The summed E-state index contributed by atoms with van der Waals surface area (Å²) in [6.45, 7) is 1.97. The van der Waals surface area contributed by atoms with Crippen molar-refractivity contribution >= 4 is 5.82 Å². The maximum absolute atomic E-state index is 9.43. The predicted octanol–water partition coefficient (Wildman–Crippen LogP) is 0.561. The zero-order valence-corrected chi connectivity index (χ0v) is 7.33. The Morgan fingerprint density at radius 1 is 1.62 bits per heavy atom. The van der Waals surface area contributed by atoms with Crippen LogP contribution in [0.5, 0.6) is 5.75 Å². The zero-order valence-electron chi connectivity index (χ0n) is 7.33. The number of rotatable bonds is 2. The predicted molar refractivity (Wildman–Crippen MR) is 50.8 cm³/mol. The number of anilines is 1. The molecule has 0 radical (unpaired) electrons. The third-order valence-electron chi connectivity index (χ3n) is 2.19. The number of pyridine rings is 1. The lowest BCUT2D eigenvalue weighted by Crippen LogP contribution is -2.22. The Kier molecular flexibility index (Phi) is 2.31. The van der Waals surface area contributed by atoms with E-state index in [-0.39, 0.29) is 5.75 Å². The highest BCUT2D eigenvalue weighted by atomic mass is 16.3. The van der Waals surface area contributed by atoms with Crippen molar-refractivity contribution in [2.45, 2.75) is 12.5 Å². The van der Waals surface area contributed by atoms with Crippen molar-refractivity contribution in [3.63, 3.8) is 0 Å². The fourth-order valence-corrected chi connectivity index (χ4v) is 1.48. The quantitative estimate of drug-likeness (QED) is 0.621. The van der Waals surface area contributed by atoms with Gasteiger partial charge >= 0.3 is 0 Å². The molecule has 0 saturated carbocycles. The van der Waals surface area contributed by atoms with Crippen LogP contribution in [-0.2, 0) is 0 Å². The number of hydrogen-bond acceptors (Lipinski definition) is 4. The van der Waals surface area contributed by atoms with E-state index < -0.39 is 0 Å². The Hall–Kier alpha value is -1.29. The summed E-state index contributed by atoms with van der Waals surface area (Å²) in [6.07, 6.45) is 2.75. The van der Waals surface area contributed by atoms with E-state index in [9.17, 15) is 5.11 Å². The molecule has 0 aliphatic carbocycles. The monoisotopic (exact) mass is 179 g/mol. The molecule has 2 rings (SSSR count). The van der Waals surface area contributed by atoms with Gasteiger partial charge in [0.15, 0.2) is 11.6 Å². The van der Waals surface area contributed by atoms with Crippen LogP contribution in [-0.4, -0.2) is 29.2 Å². The van der Waals surface area contributed by atoms with Crippen LogP contribution in [0.1, 0.15) is 6.42 Å². The summed E-state index contributed by atoms with van der Waals surface area (Å²) in [6, 6.07) is 3.74. The lowest BCUT2D eigenvalue weighted by atomic mass is 10.2. The van der Waals surface area contributed by atoms with Gasteiger partial charge in [-0.05, 0) is 25.1 Å². The maximum Gasteiger partial charge on any atom is 0.168 e. The molecule has 3 N–H and O–H groups in total. The number of nitrogens with one attached hydrogen (secondary N) is 2.